The molecule has 1 amide bonds. The van der Waals surface area contributed by atoms with Crippen molar-refractivity contribution in [1.29, 1.82) is 0 Å². The Bertz CT molecular complexity index is 1500. The molecule has 2 N–H and O–H groups in total. The lowest BCUT2D eigenvalue weighted by atomic mass is 10.2. The van der Waals surface area contributed by atoms with Crippen molar-refractivity contribution in [3.63, 3.8) is 0 Å². The van der Waals surface area contributed by atoms with E-state index in [1.807, 2.05) is 19.1 Å². The average Bonchev–Trinajstić information content (AvgIpc) is 2.80. The number of aryl methyl sites for hydroxylation is 1. The second-order valence-electron chi connectivity index (χ2n) is 7.95. The smallest absolute Gasteiger partial charge is 0.340 e. The van der Waals surface area contributed by atoms with Crippen molar-refractivity contribution in [3.8, 4) is 0 Å². The minimum Gasteiger partial charge on any atom is -0.449 e. The topological polar surface area (TPSA) is 136 Å². The first kappa shape index (κ1) is 27.2. The molecule has 3 aromatic carbocycles. The van der Waals surface area contributed by atoms with Crippen LogP contribution in [0.4, 0.5) is 11.4 Å². The standard InChI is InChI=1S/C24H23ClN2O7S2/c1-15-4-6-17(7-5-15)26-23(28)16(2)34-24(29)21-14-20(12-13-22(21)25)36(32,33)27-18-8-10-19(11-9-18)35(3,30)31/h4-14,16,27H,1-3H3,(H,26,28). The molecule has 0 aliphatic carbocycles. The summed E-state index contributed by atoms with van der Waals surface area (Å²) in [6.07, 6.45) is -0.158. The van der Waals surface area contributed by atoms with Crippen LogP contribution in [0, 0.1) is 6.92 Å². The lowest BCUT2D eigenvalue weighted by Gasteiger charge is -2.15. The first-order valence-corrected chi connectivity index (χ1v) is 14.2. The quantitative estimate of drug-likeness (QED) is 0.404. The SMILES string of the molecule is Cc1ccc(NC(=O)C(C)OC(=O)c2cc(S(=O)(=O)Nc3ccc(S(C)(=O)=O)cc3)ccc2Cl)cc1. The van der Waals surface area contributed by atoms with E-state index in [4.69, 9.17) is 16.3 Å². The van der Waals surface area contributed by atoms with E-state index >= 15 is 0 Å². The zero-order valence-corrected chi connectivity index (χ0v) is 21.9. The van der Waals surface area contributed by atoms with Crippen molar-refractivity contribution in [2.45, 2.75) is 29.7 Å². The van der Waals surface area contributed by atoms with E-state index in [0.29, 0.717) is 5.69 Å². The maximum Gasteiger partial charge on any atom is 0.340 e. The highest BCUT2D eigenvalue weighted by Crippen LogP contribution is 2.24. The maximum absolute atomic E-state index is 12.8. The van der Waals surface area contributed by atoms with Gasteiger partial charge in [-0.3, -0.25) is 9.52 Å². The Morgan fingerprint density at radius 1 is 0.861 bits per heavy atom. The van der Waals surface area contributed by atoms with Crippen LogP contribution in [-0.2, 0) is 29.4 Å². The Morgan fingerprint density at radius 3 is 2.00 bits per heavy atom. The Morgan fingerprint density at radius 2 is 1.42 bits per heavy atom. The first-order chi connectivity index (χ1) is 16.8. The molecule has 190 valence electrons. The summed E-state index contributed by atoms with van der Waals surface area (Å²) in [6.45, 7) is 3.27. The molecular weight excluding hydrogens is 528 g/mol. The van der Waals surface area contributed by atoms with Gasteiger partial charge in [-0.15, -0.1) is 0 Å². The second kappa shape index (κ2) is 10.7. The van der Waals surface area contributed by atoms with Gasteiger partial charge in [-0.25, -0.2) is 21.6 Å². The Labute approximate surface area is 214 Å². The predicted octanol–water partition coefficient (Wildman–Crippen LogP) is 4.04. The summed E-state index contributed by atoms with van der Waals surface area (Å²) in [5, 5.41) is 2.56. The fourth-order valence-corrected chi connectivity index (χ4v) is 4.88. The van der Waals surface area contributed by atoms with E-state index in [9.17, 15) is 26.4 Å². The summed E-state index contributed by atoms with van der Waals surface area (Å²) in [5.74, 6) is -1.56. The molecular formula is C24H23ClN2O7S2. The van der Waals surface area contributed by atoms with Gasteiger partial charge in [0, 0.05) is 17.6 Å². The molecule has 0 spiro atoms. The van der Waals surface area contributed by atoms with E-state index in [1.54, 1.807) is 12.1 Å². The summed E-state index contributed by atoms with van der Waals surface area (Å²) in [6, 6.07) is 15.6. The van der Waals surface area contributed by atoms with Crippen LogP contribution in [0.1, 0.15) is 22.8 Å². The van der Waals surface area contributed by atoms with Crippen LogP contribution in [0.2, 0.25) is 5.02 Å². The molecule has 0 heterocycles. The molecule has 12 heteroatoms. The Kier molecular flexibility index (Phi) is 8.07. The molecule has 0 fully saturated rings. The number of anilines is 2. The number of hydrogen-bond donors (Lipinski definition) is 2. The van der Waals surface area contributed by atoms with Crippen molar-refractivity contribution in [2.75, 3.05) is 16.3 Å². The Hall–Kier alpha value is -3.41. The van der Waals surface area contributed by atoms with Gasteiger partial charge in [0.15, 0.2) is 15.9 Å². The third kappa shape index (κ3) is 6.84. The number of amides is 1. The molecule has 1 atom stereocenters. The normalized spacial score (nSPS) is 12.4. The van der Waals surface area contributed by atoms with Gasteiger partial charge >= 0.3 is 5.97 Å². The van der Waals surface area contributed by atoms with Crippen LogP contribution in [0.3, 0.4) is 0 Å². The molecule has 0 aliphatic heterocycles. The van der Waals surface area contributed by atoms with Crippen molar-refractivity contribution < 1.29 is 31.2 Å². The summed E-state index contributed by atoms with van der Waals surface area (Å²) in [4.78, 5) is 24.8. The fourth-order valence-electron chi connectivity index (χ4n) is 2.97. The molecule has 9 nitrogen and oxygen atoms in total. The molecule has 36 heavy (non-hydrogen) atoms. The first-order valence-electron chi connectivity index (χ1n) is 10.5. The number of sulfonamides is 1. The van der Waals surface area contributed by atoms with Gasteiger partial charge in [0.25, 0.3) is 15.9 Å². The Balaban J connectivity index is 1.74. The molecule has 3 rings (SSSR count). The number of ether oxygens (including phenoxy) is 1. The van der Waals surface area contributed by atoms with Crippen molar-refractivity contribution in [2.24, 2.45) is 0 Å². The van der Waals surface area contributed by atoms with Gasteiger partial charge in [0.1, 0.15) is 0 Å². The number of nitrogens with one attached hydrogen (secondary N) is 2. The van der Waals surface area contributed by atoms with Gasteiger partial charge in [-0.05, 0) is 68.4 Å². The predicted molar refractivity (Wildman–Crippen MR) is 136 cm³/mol. The third-order valence-electron chi connectivity index (χ3n) is 4.97. The van der Waals surface area contributed by atoms with E-state index in [2.05, 4.69) is 10.0 Å². The van der Waals surface area contributed by atoms with Gasteiger partial charge < -0.3 is 10.1 Å². The number of benzene rings is 3. The molecule has 0 saturated heterocycles. The van der Waals surface area contributed by atoms with Crippen molar-refractivity contribution in [3.05, 3.63) is 82.9 Å². The maximum atomic E-state index is 12.8. The molecule has 0 aromatic heterocycles. The molecule has 0 saturated carbocycles. The van der Waals surface area contributed by atoms with Crippen LogP contribution < -0.4 is 10.0 Å². The second-order valence-corrected chi connectivity index (χ2v) is 12.1. The molecule has 1 unspecified atom stereocenters. The summed E-state index contributed by atoms with van der Waals surface area (Å²) < 4.78 is 56.4. The molecule has 0 bridgehead atoms. The lowest BCUT2D eigenvalue weighted by Crippen LogP contribution is -2.30. The molecule has 3 aromatic rings. The zero-order valence-electron chi connectivity index (χ0n) is 19.5. The minimum absolute atomic E-state index is 0.0301. The summed E-state index contributed by atoms with van der Waals surface area (Å²) in [7, 11) is -7.61. The van der Waals surface area contributed by atoms with Gasteiger partial charge in [-0.1, -0.05) is 29.3 Å². The van der Waals surface area contributed by atoms with Crippen LogP contribution in [0.15, 0.2) is 76.5 Å². The van der Waals surface area contributed by atoms with E-state index in [0.717, 1.165) is 17.9 Å². The van der Waals surface area contributed by atoms with E-state index in [1.165, 1.54) is 43.3 Å². The van der Waals surface area contributed by atoms with E-state index in [-0.39, 0.29) is 26.1 Å². The monoisotopic (exact) mass is 550 g/mol. The molecule has 0 aliphatic rings. The number of hydrogen-bond acceptors (Lipinski definition) is 7. The zero-order chi connectivity index (χ0) is 26.7. The summed E-state index contributed by atoms with van der Waals surface area (Å²) in [5.41, 5.74) is 1.40. The van der Waals surface area contributed by atoms with Gasteiger partial charge in [0.05, 0.1) is 20.4 Å². The van der Waals surface area contributed by atoms with Crippen LogP contribution >= 0.6 is 11.6 Å². The minimum atomic E-state index is -4.17. The number of carbonyl (C=O) groups is 2. The van der Waals surface area contributed by atoms with Gasteiger partial charge in [0.2, 0.25) is 0 Å². The summed E-state index contributed by atoms with van der Waals surface area (Å²) >= 11 is 6.10. The van der Waals surface area contributed by atoms with Crippen LogP contribution in [0.5, 0.6) is 0 Å². The number of rotatable bonds is 8. The number of esters is 1. The number of sulfone groups is 1. The van der Waals surface area contributed by atoms with Gasteiger partial charge in [-0.2, -0.15) is 0 Å². The van der Waals surface area contributed by atoms with Crippen molar-refractivity contribution in [1.82, 2.24) is 0 Å². The highest BCUT2D eigenvalue weighted by atomic mass is 35.5. The van der Waals surface area contributed by atoms with Crippen LogP contribution in [-0.4, -0.2) is 41.1 Å². The number of halogens is 1. The third-order valence-corrected chi connectivity index (χ3v) is 7.81. The van der Waals surface area contributed by atoms with E-state index < -0.39 is 37.8 Å². The lowest BCUT2D eigenvalue weighted by molar-refractivity contribution is -0.123. The van der Waals surface area contributed by atoms with Crippen LogP contribution in [0.25, 0.3) is 0 Å². The average molecular weight is 551 g/mol. The largest absolute Gasteiger partial charge is 0.449 e. The van der Waals surface area contributed by atoms with Crippen molar-refractivity contribution >= 4 is 54.7 Å². The molecule has 0 radical (unpaired) electrons. The number of carbonyl (C=O) groups excluding carboxylic acids is 2. The fraction of sp³-hybridized carbons (Fsp3) is 0.167. The highest BCUT2D eigenvalue weighted by Gasteiger charge is 2.24. The highest BCUT2D eigenvalue weighted by molar-refractivity contribution is 7.92.